The minimum atomic E-state index is -0.557. The standard InChI is InChI=1S/C18H18N2O5S/c21-16(13-25-17(22)6-5-14-3-2-12-26-14)19-7-9-20(10-8-19)18(23)15-4-1-11-24-15/h1-6,11-12H,7-10,13H2/b6-5+. The number of esters is 1. The molecule has 2 aromatic heterocycles. The molecule has 136 valence electrons. The van der Waals surface area contributed by atoms with Gasteiger partial charge in [0.05, 0.1) is 6.26 Å². The minimum absolute atomic E-state index is 0.188. The average molecular weight is 374 g/mol. The van der Waals surface area contributed by atoms with E-state index in [-0.39, 0.29) is 24.2 Å². The highest BCUT2D eigenvalue weighted by Gasteiger charge is 2.26. The van der Waals surface area contributed by atoms with E-state index in [0.717, 1.165) is 4.88 Å². The Morgan fingerprint density at radius 2 is 1.88 bits per heavy atom. The largest absolute Gasteiger partial charge is 0.459 e. The van der Waals surface area contributed by atoms with Crippen LogP contribution in [0.5, 0.6) is 0 Å². The predicted molar refractivity (Wildman–Crippen MR) is 95.5 cm³/mol. The molecule has 2 amide bonds. The lowest BCUT2D eigenvalue weighted by Crippen LogP contribution is -2.51. The van der Waals surface area contributed by atoms with Crippen LogP contribution in [0.15, 0.2) is 46.4 Å². The Bertz CT molecular complexity index is 775. The van der Waals surface area contributed by atoms with Crippen LogP contribution in [-0.4, -0.2) is 60.4 Å². The van der Waals surface area contributed by atoms with Crippen molar-refractivity contribution in [3.63, 3.8) is 0 Å². The van der Waals surface area contributed by atoms with Crippen molar-refractivity contribution >= 4 is 35.2 Å². The van der Waals surface area contributed by atoms with Gasteiger partial charge in [0.2, 0.25) is 0 Å². The minimum Gasteiger partial charge on any atom is -0.459 e. The van der Waals surface area contributed by atoms with Crippen LogP contribution in [0, 0.1) is 0 Å². The van der Waals surface area contributed by atoms with Crippen LogP contribution in [0.4, 0.5) is 0 Å². The van der Waals surface area contributed by atoms with Crippen molar-refractivity contribution in [2.24, 2.45) is 0 Å². The smallest absolute Gasteiger partial charge is 0.331 e. The monoisotopic (exact) mass is 374 g/mol. The van der Waals surface area contributed by atoms with Crippen LogP contribution in [0.2, 0.25) is 0 Å². The maximum atomic E-state index is 12.2. The van der Waals surface area contributed by atoms with Crippen LogP contribution in [0.25, 0.3) is 6.08 Å². The number of ether oxygens (including phenoxy) is 1. The fourth-order valence-corrected chi connectivity index (χ4v) is 3.14. The second-order valence-electron chi connectivity index (χ2n) is 5.61. The van der Waals surface area contributed by atoms with E-state index in [4.69, 9.17) is 9.15 Å². The Hall–Kier alpha value is -2.87. The maximum absolute atomic E-state index is 12.2. The first kappa shape index (κ1) is 17.9. The predicted octanol–water partition coefficient (Wildman–Crippen LogP) is 1.88. The van der Waals surface area contributed by atoms with Gasteiger partial charge in [-0.05, 0) is 29.7 Å². The SMILES string of the molecule is O=C(/C=C/c1cccs1)OCC(=O)N1CCN(C(=O)c2ccco2)CC1. The number of hydrogen-bond donors (Lipinski definition) is 0. The fourth-order valence-electron chi connectivity index (χ4n) is 2.52. The van der Waals surface area contributed by atoms with E-state index in [1.165, 1.54) is 23.7 Å². The summed E-state index contributed by atoms with van der Waals surface area (Å²) in [5.74, 6) is -0.727. The number of carbonyl (C=O) groups is 3. The summed E-state index contributed by atoms with van der Waals surface area (Å²) >= 11 is 1.50. The van der Waals surface area contributed by atoms with Crippen molar-refractivity contribution < 1.29 is 23.5 Å². The van der Waals surface area contributed by atoms with Crippen LogP contribution in [0.1, 0.15) is 15.4 Å². The summed E-state index contributed by atoms with van der Waals surface area (Å²) in [6.07, 6.45) is 4.41. The quantitative estimate of drug-likeness (QED) is 0.590. The Morgan fingerprint density at radius 3 is 2.54 bits per heavy atom. The van der Waals surface area contributed by atoms with Gasteiger partial charge in [-0.2, -0.15) is 0 Å². The van der Waals surface area contributed by atoms with E-state index in [0.29, 0.717) is 26.2 Å². The lowest BCUT2D eigenvalue weighted by Gasteiger charge is -2.34. The van der Waals surface area contributed by atoms with Crippen molar-refractivity contribution in [2.75, 3.05) is 32.8 Å². The number of rotatable bonds is 5. The van der Waals surface area contributed by atoms with E-state index in [9.17, 15) is 14.4 Å². The molecule has 1 saturated heterocycles. The molecule has 3 rings (SSSR count). The summed E-state index contributed by atoms with van der Waals surface area (Å²) < 4.78 is 10.1. The van der Waals surface area contributed by atoms with Gasteiger partial charge in [0, 0.05) is 37.1 Å². The summed E-state index contributed by atoms with van der Waals surface area (Å²) in [7, 11) is 0. The van der Waals surface area contributed by atoms with Gasteiger partial charge in [0.1, 0.15) is 0 Å². The molecule has 0 atom stereocenters. The van der Waals surface area contributed by atoms with E-state index in [1.54, 1.807) is 28.0 Å². The maximum Gasteiger partial charge on any atom is 0.331 e. The van der Waals surface area contributed by atoms with Gasteiger partial charge >= 0.3 is 5.97 Å². The van der Waals surface area contributed by atoms with Crippen LogP contribution >= 0.6 is 11.3 Å². The summed E-state index contributed by atoms with van der Waals surface area (Å²) in [5, 5.41) is 1.91. The third-order valence-corrected chi connectivity index (χ3v) is 4.75. The third kappa shape index (κ3) is 4.60. The zero-order valence-corrected chi connectivity index (χ0v) is 14.8. The average Bonchev–Trinajstić information content (AvgIpc) is 3.37. The molecule has 7 nitrogen and oxygen atoms in total. The topological polar surface area (TPSA) is 80.1 Å². The molecule has 0 radical (unpaired) electrons. The first-order chi connectivity index (χ1) is 12.6. The number of amides is 2. The number of hydrogen-bond acceptors (Lipinski definition) is 6. The number of thiophene rings is 1. The molecule has 1 fully saturated rings. The first-order valence-electron chi connectivity index (χ1n) is 8.12. The van der Waals surface area contributed by atoms with Gasteiger partial charge in [0.15, 0.2) is 12.4 Å². The second-order valence-corrected chi connectivity index (χ2v) is 6.59. The van der Waals surface area contributed by atoms with Gasteiger partial charge < -0.3 is 19.0 Å². The highest BCUT2D eigenvalue weighted by Crippen LogP contribution is 2.11. The number of nitrogens with zero attached hydrogens (tertiary/aromatic N) is 2. The molecule has 0 spiro atoms. The van der Waals surface area contributed by atoms with Crippen molar-refractivity contribution in [2.45, 2.75) is 0 Å². The molecule has 0 saturated carbocycles. The van der Waals surface area contributed by atoms with Crippen molar-refractivity contribution in [3.8, 4) is 0 Å². The normalized spacial score (nSPS) is 14.6. The summed E-state index contributed by atoms with van der Waals surface area (Å²) in [5.41, 5.74) is 0. The van der Waals surface area contributed by atoms with Crippen LogP contribution in [0.3, 0.4) is 0 Å². The lowest BCUT2D eigenvalue weighted by molar-refractivity contribution is -0.148. The van der Waals surface area contributed by atoms with E-state index < -0.39 is 5.97 Å². The lowest BCUT2D eigenvalue weighted by atomic mass is 10.3. The highest BCUT2D eigenvalue weighted by molar-refractivity contribution is 7.10. The number of furan rings is 1. The van der Waals surface area contributed by atoms with Crippen molar-refractivity contribution in [1.82, 2.24) is 9.80 Å². The van der Waals surface area contributed by atoms with E-state index in [2.05, 4.69) is 0 Å². The number of carbonyl (C=O) groups excluding carboxylic acids is 3. The molecule has 26 heavy (non-hydrogen) atoms. The summed E-state index contributed by atoms with van der Waals surface area (Å²) in [6, 6.07) is 7.04. The van der Waals surface area contributed by atoms with Crippen molar-refractivity contribution in [3.05, 3.63) is 52.6 Å². The molecule has 0 aliphatic carbocycles. The summed E-state index contributed by atoms with van der Waals surface area (Å²) in [6.45, 7) is 1.32. The Morgan fingerprint density at radius 1 is 1.12 bits per heavy atom. The van der Waals surface area contributed by atoms with Gasteiger partial charge in [-0.25, -0.2) is 4.79 Å². The zero-order valence-electron chi connectivity index (χ0n) is 14.0. The molecule has 2 aromatic rings. The molecule has 0 aromatic carbocycles. The molecule has 1 aliphatic rings. The first-order valence-corrected chi connectivity index (χ1v) is 9.00. The number of piperazine rings is 1. The molecule has 8 heteroatoms. The molecule has 0 bridgehead atoms. The van der Waals surface area contributed by atoms with Crippen molar-refractivity contribution in [1.29, 1.82) is 0 Å². The van der Waals surface area contributed by atoms with Gasteiger partial charge in [-0.15, -0.1) is 11.3 Å². The molecular weight excluding hydrogens is 356 g/mol. The van der Waals surface area contributed by atoms with Crippen LogP contribution < -0.4 is 0 Å². The Balaban J connectivity index is 1.41. The Kier molecular flexibility index (Phi) is 5.85. The fraction of sp³-hybridized carbons (Fsp3) is 0.278. The molecule has 1 aliphatic heterocycles. The van der Waals surface area contributed by atoms with Gasteiger partial charge in [-0.1, -0.05) is 6.07 Å². The highest BCUT2D eigenvalue weighted by atomic mass is 32.1. The summed E-state index contributed by atoms with van der Waals surface area (Å²) in [4.78, 5) is 40.1. The van der Waals surface area contributed by atoms with Gasteiger partial charge in [0.25, 0.3) is 11.8 Å². The molecule has 0 unspecified atom stereocenters. The zero-order chi connectivity index (χ0) is 18.4. The third-order valence-electron chi connectivity index (χ3n) is 3.92. The molecule has 0 N–H and O–H groups in total. The second kappa shape index (κ2) is 8.48. The van der Waals surface area contributed by atoms with Crippen LogP contribution in [-0.2, 0) is 14.3 Å². The van der Waals surface area contributed by atoms with E-state index in [1.807, 2.05) is 17.5 Å². The van der Waals surface area contributed by atoms with Gasteiger partial charge in [-0.3, -0.25) is 9.59 Å². The Labute approximate surface area is 154 Å². The molecular formula is C18H18N2O5S. The molecule has 3 heterocycles. The van der Waals surface area contributed by atoms with E-state index >= 15 is 0 Å².